The predicted molar refractivity (Wildman–Crippen MR) is 42.3 cm³/mol. The van der Waals surface area contributed by atoms with Crippen LogP contribution in [0.1, 0.15) is 39.5 Å². The average molecular weight is 154 g/mol. The minimum Gasteiger partial charge on any atom is -0.299 e. The van der Waals surface area contributed by atoms with Gasteiger partial charge in [0.2, 0.25) is 0 Å². The zero-order valence-electron chi connectivity index (χ0n) is 7.14. The number of Topliss-reactive ketones (excluding diaryl/α,β-unsaturated/α-hetero) is 2. The van der Waals surface area contributed by atoms with Gasteiger partial charge in [0.05, 0.1) is 5.41 Å². The second-order valence-electron chi connectivity index (χ2n) is 3.14. The summed E-state index contributed by atoms with van der Waals surface area (Å²) in [5.74, 6) is 0.286. The SMILES string of the molecule is CCC(=O)C1(C(=O)CC)CC1. The van der Waals surface area contributed by atoms with E-state index in [0.29, 0.717) is 12.8 Å². The molecule has 2 nitrogen and oxygen atoms in total. The van der Waals surface area contributed by atoms with Crippen LogP contribution in [0.2, 0.25) is 0 Å². The van der Waals surface area contributed by atoms with Crippen LogP contribution in [-0.4, -0.2) is 11.6 Å². The van der Waals surface area contributed by atoms with Crippen LogP contribution in [0.15, 0.2) is 0 Å². The first kappa shape index (κ1) is 8.44. The Morgan fingerprint density at radius 2 is 1.45 bits per heavy atom. The fraction of sp³-hybridized carbons (Fsp3) is 0.778. The molecule has 0 atom stereocenters. The van der Waals surface area contributed by atoms with Gasteiger partial charge in [0, 0.05) is 12.8 Å². The Morgan fingerprint density at radius 3 is 1.64 bits per heavy atom. The van der Waals surface area contributed by atoms with Crippen LogP contribution in [0.25, 0.3) is 0 Å². The van der Waals surface area contributed by atoms with Crippen molar-refractivity contribution in [3.8, 4) is 0 Å². The van der Waals surface area contributed by atoms with Crippen molar-refractivity contribution in [2.75, 3.05) is 0 Å². The van der Waals surface area contributed by atoms with Gasteiger partial charge in [0.1, 0.15) is 11.6 Å². The zero-order valence-corrected chi connectivity index (χ0v) is 7.14. The second-order valence-corrected chi connectivity index (χ2v) is 3.14. The van der Waals surface area contributed by atoms with Gasteiger partial charge < -0.3 is 0 Å². The van der Waals surface area contributed by atoms with Crippen LogP contribution in [0, 0.1) is 5.41 Å². The summed E-state index contributed by atoms with van der Waals surface area (Å²) < 4.78 is 0. The summed E-state index contributed by atoms with van der Waals surface area (Å²) in [5, 5.41) is 0. The third kappa shape index (κ3) is 1.22. The zero-order chi connectivity index (χ0) is 8.48. The Bertz CT molecular complexity index is 172. The first-order valence-corrected chi connectivity index (χ1v) is 4.24. The molecule has 0 bridgehead atoms. The van der Waals surface area contributed by atoms with E-state index in [1.165, 1.54) is 0 Å². The Kier molecular flexibility index (Phi) is 2.12. The highest BCUT2D eigenvalue weighted by Gasteiger charge is 2.53. The quantitative estimate of drug-likeness (QED) is 0.578. The first-order valence-electron chi connectivity index (χ1n) is 4.24. The molecule has 1 fully saturated rings. The summed E-state index contributed by atoms with van der Waals surface area (Å²) in [6.07, 6.45) is 2.61. The maximum absolute atomic E-state index is 11.3. The molecule has 62 valence electrons. The fourth-order valence-electron chi connectivity index (χ4n) is 1.51. The Balaban J connectivity index is 2.67. The topological polar surface area (TPSA) is 34.1 Å². The highest BCUT2D eigenvalue weighted by molar-refractivity contribution is 6.09. The van der Waals surface area contributed by atoms with Crippen molar-refractivity contribution in [1.29, 1.82) is 0 Å². The van der Waals surface area contributed by atoms with Crippen molar-refractivity contribution in [1.82, 2.24) is 0 Å². The lowest BCUT2D eigenvalue weighted by Crippen LogP contribution is -2.24. The molecular weight excluding hydrogens is 140 g/mol. The van der Waals surface area contributed by atoms with E-state index in [1.54, 1.807) is 0 Å². The lowest BCUT2D eigenvalue weighted by Gasteiger charge is -2.08. The average Bonchev–Trinajstić information content (AvgIpc) is 2.82. The van der Waals surface area contributed by atoms with Crippen molar-refractivity contribution >= 4 is 11.6 Å². The maximum Gasteiger partial charge on any atom is 0.146 e. The second kappa shape index (κ2) is 2.76. The Morgan fingerprint density at radius 1 is 1.09 bits per heavy atom. The van der Waals surface area contributed by atoms with Crippen molar-refractivity contribution in [2.45, 2.75) is 39.5 Å². The fourth-order valence-corrected chi connectivity index (χ4v) is 1.51. The van der Waals surface area contributed by atoms with Gasteiger partial charge in [0.25, 0.3) is 0 Å². The summed E-state index contributed by atoms with van der Waals surface area (Å²) >= 11 is 0. The van der Waals surface area contributed by atoms with Crippen molar-refractivity contribution < 1.29 is 9.59 Å². The largest absolute Gasteiger partial charge is 0.299 e. The molecule has 0 aliphatic heterocycles. The summed E-state index contributed by atoms with van der Waals surface area (Å²) in [5.41, 5.74) is -0.510. The molecule has 0 heterocycles. The molecule has 1 aliphatic rings. The van der Waals surface area contributed by atoms with Crippen LogP contribution < -0.4 is 0 Å². The number of hydrogen-bond acceptors (Lipinski definition) is 2. The van der Waals surface area contributed by atoms with Crippen molar-refractivity contribution in [3.05, 3.63) is 0 Å². The number of rotatable bonds is 4. The molecule has 11 heavy (non-hydrogen) atoms. The van der Waals surface area contributed by atoms with E-state index in [-0.39, 0.29) is 11.6 Å². The van der Waals surface area contributed by atoms with E-state index in [0.717, 1.165) is 12.8 Å². The van der Waals surface area contributed by atoms with Crippen molar-refractivity contribution in [2.24, 2.45) is 5.41 Å². The van der Waals surface area contributed by atoms with Gasteiger partial charge in [-0.05, 0) is 12.8 Å². The molecule has 1 aliphatic carbocycles. The van der Waals surface area contributed by atoms with Gasteiger partial charge in [-0.3, -0.25) is 9.59 Å². The molecule has 0 saturated heterocycles. The van der Waals surface area contributed by atoms with Gasteiger partial charge in [-0.15, -0.1) is 0 Å². The van der Waals surface area contributed by atoms with Crippen LogP contribution in [0.4, 0.5) is 0 Å². The molecule has 0 unspecified atom stereocenters. The molecule has 0 aromatic heterocycles. The minimum atomic E-state index is -0.510. The minimum absolute atomic E-state index is 0.143. The third-order valence-corrected chi connectivity index (χ3v) is 2.46. The lowest BCUT2D eigenvalue weighted by molar-refractivity contribution is -0.134. The molecule has 0 amide bonds. The summed E-state index contributed by atoms with van der Waals surface area (Å²) in [7, 11) is 0. The molecule has 0 spiro atoms. The Hall–Kier alpha value is -0.660. The van der Waals surface area contributed by atoms with Gasteiger partial charge in [-0.25, -0.2) is 0 Å². The lowest BCUT2D eigenvalue weighted by atomic mass is 9.92. The van der Waals surface area contributed by atoms with Crippen LogP contribution >= 0.6 is 0 Å². The number of carbonyl (C=O) groups is 2. The molecule has 0 aromatic rings. The van der Waals surface area contributed by atoms with Crippen molar-refractivity contribution in [3.63, 3.8) is 0 Å². The number of ketones is 2. The standard InChI is InChI=1S/C9H14O2/c1-3-7(10)9(5-6-9)8(11)4-2/h3-6H2,1-2H3. The van der Waals surface area contributed by atoms with E-state index in [9.17, 15) is 9.59 Å². The highest BCUT2D eigenvalue weighted by Crippen LogP contribution is 2.48. The van der Waals surface area contributed by atoms with Crippen LogP contribution in [0.5, 0.6) is 0 Å². The van der Waals surface area contributed by atoms with E-state index < -0.39 is 5.41 Å². The number of hydrogen-bond donors (Lipinski definition) is 0. The van der Waals surface area contributed by atoms with E-state index in [2.05, 4.69) is 0 Å². The Labute approximate surface area is 67.0 Å². The first-order chi connectivity index (χ1) is 5.17. The number of carbonyl (C=O) groups excluding carboxylic acids is 2. The summed E-state index contributed by atoms with van der Waals surface area (Å²) in [6.45, 7) is 3.65. The molecule has 0 N–H and O–H groups in total. The molecule has 0 radical (unpaired) electrons. The van der Waals surface area contributed by atoms with Gasteiger partial charge >= 0.3 is 0 Å². The van der Waals surface area contributed by atoms with E-state index >= 15 is 0 Å². The molecule has 2 heteroatoms. The maximum atomic E-state index is 11.3. The van der Waals surface area contributed by atoms with Gasteiger partial charge in [0.15, 0.2) is 0 Å². The van der Waals surface area contributed by atoms with E-state index in [4.69, 9.17) is 0 Å². The monoisotopic (exact) mass is 154 g/mol. The predicted octanol–water partition coefficient (Wildman–Crippen LogP) is 1.72. The summed E-state index contributed by atoms with van der Waals surface area (Å²) in [6, 6.07) is 0. The third-order valence-electron chi connectivity index (χ3n) is 2.46. The molecule has 1 saturated carbocycles. The van der Waals surface area contributed by atoms with E-state index in [1.807, 2.05) is 13.8 Å². The highest BCUT2D eigenvalue weighted by atomic mass is 16.2. The van der Waals surface area contributed by atoms with Gasteiger partial charge in [-0.1, -0.05) is 13.8 Å². The van der Waals surface area contributed by atoms with Crippen LogP contribution in [-0.2, 0) is 9.59 Å². The molecular formula is C9H14O2. The molecule has 1 rings (SSSR count). The van der Waals surface area contributed by atoms with Crippen LogP contribution in [0.3, 0.4) is 0 Å². The normalized spacial score (nSPS) is 19.5. The summed E-state index contributed by atoms with van der Waals surface area (Å²) in [4.78, 5) is 22.6. The molecule has 0 aromatic carbocycles. The van der Waals surface area contributed by atoms with Gasteiger partial charge in [-0.2, -0.15) is 0 Å². The smallest absolute Gasteiger partial charge is 0.146 e.